The first-order chi connectivity index (χ1) is 25.0. The van der Waals surface area contributed by atoms with E-state index in [4.69, 9.17) is 28.2 Å². The maximum absolute atomic E-state index is 10.9. The van der Waals surface area contributed by atoms with Gasteiger partial charge in [-0.2, -0.15) is 6.07 Å². The van der Waals surface area contributed by atoms with E-state index >= 15 is 0 Å². The molecule has 0 saturated carbocycles. The molecule has 2 aromatic heterocycles. The summed E-state index contributed by atoms with van der Waals surface area (Å²) in [6, 6.07) is 24.9. The van der Waals surface area contributed by atoms with Crippen molar-refractivity contribution in [2.24, 2.45) is 0 Å². The quantitative estimate of drug-likeness (QED) is 0.0927. The second-order valence-electron chi connectivity index (χ2n) is 12.3. The molecule has 0 aliphatic carbocycles. The molecule has 3 aromatic carbocycles. The first-order valence-corrected chi connectivity index (χ1v) is 19.6. The number of aromatic nitrogens is 2. The van der Waals surface area contributed by atoms with Crippen LogP contribution in [-0.4, -0.2) is 51.3 Å². The van der Waals surface area contributed by atoms with Gasteiger partial charge in [0.1, 0.15) is 8.07 Å². The van der Waals surface area contributed by atoms with Crippen LogP contribution in [0.15, 0.2) is 104 Å². The van der Waals surface area contributed by atoms with Gasteiger partial charge in [-0.1, -0.05) is 68.0 Å². The molecule has 280 valence electrons. The molecule has 0 fully saturated rings. The van der Waals surface area contributed by atoms with Gasteiger partial charge >= 0.3 is 17.9 Å². The molecule has 0 aliphatic rings. The zero-order chi connectivity index (χ0) is 40.0. The number of hydrogen-bond donors (Lipinski definition) is 3. The number of hydrogen-bond acceptors (Lipinski definition) is 5. The molecule has 54 heavy (non-hydrogen) atoms. The maximum Gasteiger partial charge on any atom is 0.335 e. The Morgan fingerprint density at radius 1 is 0.667 bits per heavy atom. The van der Waals surface area contributed by atoms with Crippen molar-refractivity contribution < 1.29 is 53.6 Å². The molecule has 0 spiro atoms. The van der Waals surface area contributed by atoms with Gasteiger partial charge in [0.25, 0.3) is 0 Å². The predicted octanol–water partition coefficient (Wildman–Crippen LogP) is 9.03. The molecular formula is C44H47N2O6SiW-. The molecule has 0 atom stereocenters. The first-order valence-electron chi connectivity index (χ1n) is 16.1. The fourth-order valence-corrected chi connectivity index (χ4v) is 3.53. The van der Waals surface area contributed by atoms with Crippen LogP contribution < -0.4 is 0 Å². The summed E-state index contributed by atoms with van der Waals surface area (Å²) in [5.41, 5.74) is 9.75. The number of carbonyl (C=O) groups is 3. The molecule has 3 N–H and O–H groups in total. The average molecular weight is 916 g/mol. The fraction of sp³-hybridized carbons (Fsp3) is 0.159. The maximum atomic E-state index is 10.9. The van der Waals surface area contributed by atoms with E-state index in [1.165, 1.54) is 6.07 Å². The van der Waals surface area contributed by atoms with Crippen LogP contribution in [0.4, 0.5) is 0 Å². The number of aromatic carboxylic acids is 3. The number of rotatable bonds is 3. The van der Waals surface area contributed by atoms with Crippen molar-refractivity contribution in [1.82, 2.24) is 9.97 Å². The number of pyridine rings is 2. The van der Waals surface area contributed by atoms with Gasteiger partial charge in [-0.25, -0.2) is 26.5 Å². The van der Waals surface area contributed by atoms with Crippen LogP contribution >= 0.6 is 0 Å². The third-order valence-electron chi connectivity index (χ3n) is 6.83. The monoisotopic (exact) mass is 915 g/mol. The van der Waals surface area contributed by atoms with Gasteiger partial charge in [0.15, 0.2) is 0 Å². The summed E-state index contributed by atoms with van der Waals surface area (Å²) in [7, 11) is -1.10. The largest absolute Gasteiger partial charge is 0.478 e. The Hall–Kier alpha value is -6.04. The standard InChI is InChI=1S/C15H11NO2.C10H8O2.C9H10O2.C5H4N.C5H10Si.W.2H2/c1-11-4-6-14(15(17)18)9-13(11)7-5-12-3-2-8-16-10-12;1-3-8-6-9(10(11)12)5-4-7(8)2;1-6-3-4-8(9(10)11)5-7(6)2;1-2-4-6-5-3-1;1-5-6(2,3)4;;;/h2-4,6,8-10H,1H3,(H,17,18);1,4-6H,2H3,(H,11,12);3-5H,1-2H3,(H,10,11);1-2,4-5H;1H,2-4H3;;2*1H/q;;;-1;;;;/i;;;;;;2*1+2. The summed E-state index contributed by atoms with van der Waals surface area (Å²) in [6.45, 7) is 14.1. The van der Waals surface area contributed by atoms with E-state index in [9.17, 15) is 14.4 Å². The zero-order valence-electron chi connectivity index (χ0n) is 31.3. The van der Waals surface area contributed by atoms with Crippen molar-refractivity contribution in [2.45, 2.75) is 47.3 Å². The summed E-state index contributed by atoms with van der Waals surface area (Å²) in [5, 5.41) is 26.2. The number of aryl methyl sites for hydroxylation is 4. The van der Waals surface area contributed by atoms with Crippen molar-refractivity contribution in [3.63, 3.8) is 0 Å². The van der Waals surface area contributed by atoms with Crippen molar-refractivity contribution in [3.05, 3.63) is 165 Å². The minimum Gasteiger partial charge on any atom is -0.478 e. The minimum absolute atomic E-state index is 0. The Morgan fingerprint density at radius 3 is 1.52 bits per heavy atom. The van der Waals surface area contributed by atoms with E-state index < -0.39 is 26.0 Å². The Labute approximate surface area is 337 Å². The summed E-state index contributed by atoms with van der Waals surface area (Å²) in [6.07, 6.45) is 17.0. The topological polar surface area (TPSA) is 138 Å². The van der Waals surface area contributed by atoms with Crippen LogP contribution in [0.3, 0.4) is 0 Å². The molecule has 8 nitrogen and oxygen atoms in total. The smallest absolute Gasteiger partial charge is 0.335 e. The Morgan fingerprint density at radius 2 is 1.15 bits per heavy atom. The Bertz CT molecular complexity index is 2110. The van der Waals surface area contributed by atoms with Crippen LogP contribution in [-0.2, 0) is 21.1 Å². The normalized spacial score (nSPS) is 9.13. The van der Waals surface area contributed by atoms with Gasteiger partial charge in [-0.15, -0.1) is 18.4 Å². The van der Waals surface area contributed by atoms with Gasteiger partial charge in [-0.05, 0) is 98.5 Å². The minimum atomic E-state index is -1.10. The summed E-state index contributed by atoms with van der Waals surface area (Å²) in [5.74, 6) is 5.60. The van der Waals surface area contributed by atoms with Gasteiger partial charge in [0.05, 0.1) is 16.7 Å². The number of terminal acetylenes is 2. The second-order valence-corrected chi connectivity index (χ2v) is 17.0. The van der Waals surface area contributed by atoms with Gasteiger partial charge in [0.2, 0.25) is 0 Å². The number of carboxylic acids is 3. The molecule has 5 aromatic rings. The summed E-state index contributed by atoms with van der Waals surface area (Å²) in [4.78, 5) is 39.6. The number of carboxylic acid groups (broad SMARTS) is 3. The Kier molecular flexibility index (Phi) is 22.2. The van der Waals surface area contributed by atoms with Crippen LogP contribution in [0, 0.1) is 69.9 Å². The van der Waals surface area contributed by atoms with Crippen molar-refractivity contribution >= 4 is 26.0 Å². The second kappa shape index (κ2) is 25.0. The SMILES string of the molecule is C#C[Si](C)(C)C.C#Cc1cc(C(=O)O)ccc1C.Cc1ccc(C(=O)O)cc1C.Cc1ccc(C(=O)O)cc1C#Cc1cccnc1.[3HH].[3HH].[W].[c-]1cccnc1. The van der Waals surface area contributed by atoms with E-state index in [1.54, 1.807) is 67.3 Å². The zero-order valence-corrected chi connectivity index (χ0v) is 35.3. The van der Waals surface area contributed by atoms with Crippen LogP contribution in [0.1, 0.15) is 72.9 Å². The molecule has 0 unspecified atom stereocenters. The molecule has 0 aliphatic heterocycles. The van der Waals surface area contributed by atoms with E-state index in [0.29, 0.717) is 11.1 Å². The van der Waals surface area contributed by atoms with Crippen molar-refractivity contribution in [2.75, 3.05) is 0 Å². The molecule has 0 bridgehead atoms. The molecule has 5 rings (SSSR count). The molecule has 0 amide bonds. The molecule has 2 heterocycles. The van der Waals surface area contributed by atoms with Crippen molar-refractivity contribution in [3.8, 4) is 36.2 Å². The fourth-order valence-electron chi connectivity index (χ4n) is 3.53. The number of benzene rings is 3. The van der Waals surface area contributed by atoms with Crippen LogP contribution in [0.5, 0.6) is 0 Å². The Balaban J connectivity index is -0.000000656. The first kappa shape index (κ1) is 48.0. The van der Waals surface area contributed by atoms with E-state index in [2.05, 4.69) is 59.0 Å². The predicted molar refractivity (Wildman–Crippen MR) is 217 cm³/mol. The third kappa shape index (κ3) is 19.5. The van der Waals surface area contributed by atoms with E-state index in [1.807, 2.05) is 58.0 Å². The van der Waals surface area contributed by atoms with E-state index in [-0.39, 0.29) is 35.0 Å². The summed E-state index contributed by atoms with van der Waals surface area (Å²) >= 11 is 0. The molecule has 0 saturated heterocycles. The molecular weight excluding hydrogens is 864 g/mol. The van der Waals surface area contributed by atoms with Gasteiger partial charge in [-0.3, -0.25) is 4.98 Å². The van der Waals surface area contributed by atoms with Gasteiger partial charge in [0, 0.05) is 53.0 Å². The van der Waals surface area contributed by atoms with E-state index in [0.717, 1.165) is 33.4 Å². The average Bonchev–Trinajstić information content (AvgIpc) is 3.14. The third-order valence-corrected chi connectivity index (χ3v) is 7.69. The summed E-state index contributed by atoms with van der Waals surface area (Å²) < 4.78 is 0. The number of nitrogens with zero attached hydrogens (tertiary/aromatic N) is 2. The molecule has 10 heteroatoms. The van der Waals surface area contributed by atoms with Crippen LogP contribution in [0.2, 0.25) is 19.6 Å². The molecule has 0 radical (unpaired) electrons. The van der Waals surface area contributed by atoms with Crippen LogP contribution in [0.25, 0.3) is 0 Å². The van der Waals surface area contributed by atoms with Crippen molar-refractivity contribution in [1.29, 1.82) is 0 Å². The van der Waals surface area contributed by atoms with Gasteiger partial charge < -0.3 is 20.3 Å².